The van der Waals surface area contributed by atoms with E-state index in [1.165, 1.54) is 0 Å². The van der Waals surface area contributed by atoms with Gasteiger partial charge in [-0.05, 0) is 37.1 Å². The molecule has 0 aliphatic rings. The van der Waals surface area contributed by atoms with E-state index in [9.17, 15) is 4.79 Å². The average Bonchev–Trinajstić information content (AvgIpc) is 2.37. The average molecular weight is 262 g/mol. The molecule has 0 fully saturated rings. The Morgan fingerprint density at radius 2 is 2.21 bits per heavy atom. The second-order valence-corrected chi connectivity index (χ2v) is 4.61. The lowest BCUT2D eigenvalue weighted by Crippen LogP contribution is -2.24. The summed E-state index contributed by atoms with van der Waals surface area (Å²) in [7, 11) is 0. The molecule has 3 N–H and O–H groups in total. The fourth-order valence-electron chi connectivity index (χ4n) is 1.48. The van der Waals surface area contributed by atoms with E-state index in [0.29, 0.717) is 30.2 Å². The van der Waals surface area contributed by atoms with Crippen molar-refractivity contribution in [1.29, 1.82) is 0 Å². The van der Waals surface area contributed by atoms with Gasteiger partial charge in [0.1, 0.15) is 12.4 Å². The Bertz CT molecular complexity index is 455. The Labute approximate surface area is 114 Å². The van der Waals surface area contributed by atoms with E-state index in [0.717, 1.165) is 18.4 Å². The number of nitrogens with two attached hydrogens (primary N) is 1. The molecule has 0 saturated carbocycles. The third-order valence-electron chi connectivity index (χ3n) is 2.57. The van der Waals surface area contributed by atoms with Crippen LogP contribution in [0.4, 0.5) is 5.69 Å². The minimum absolute atomic E-state index is 0.103. The predicted molar refractivity (Wildman–Crippen MR) is 78.4 cm³/mol. The summed E-state index contributed by atoms with van der Waals surface area (Å²) in [4.78, 5) is 11.9. The van der Waals surface area contributed by atoms with Crippen LogP contribution in [0.25, 0.3) is 0 Å². The van der Waals surface area contributed by atoms with Gasteiger partial charge in [-0.3, -0.25) is 4.79 Å². The van der Waals surface area contributed by atoms with Crippen LogP contribution in [0, 0.1) is 0 Å². The predicted octanol–water partition coefficient (Wildman–Crippen LogP) is 2.75. The van der Waals surface area contributed by atoms with E-state index in [2.05, 4.69) is 18.8 Å². The molecule has 19 heavy (non-hydrogen) atoms. The number of amides is 1. The maximum Gasteiger partial charge on any atom is 0.251 e. The lowest BCUT2D eigenvalue weighted by Gasteiger charge is -2.11. The van der Waals surface area contributed by atoms with Crippen LogP contribution in [0.15, 0.2) is 30.4 Å². The second kappa shape index (κ2) is 7.46. The van der Waals surface area contributed by atoms with Crippen LogP contribution in [0.5, 0.6) is 5.75 Å². The van der Waals surface area contributed by atoms with Crippen molar-refractivity contribution < 1.29 is 9.53 Å². The zero-order valence-electron chi connectivity index (χ0n) is 11.7. The summed E-state index contributed by atoms with van der Waals surface area (Å²) in [5.41, 5.74) is 7.79. The Hall–Kier alpha value is -1.97. The molecule has 1 aromatic carbocycles. The van der Waals surface area contributed by atoms with Gasteiger partial charge in [-0.25, -0.2) is 0 Å². The van der Waals surface area contributed by atoms with Crippen LogP contribution in [0.3, 0.4) is 0 Å². The normalized spacial score (nSPS) is 10.0. The molecular weight excluding hydrogens is 240 g/mol. The number of benzene rings is 1. The summed E-state index contributed by atoms with van der Waals surface area (Å²) in [6, 6.07) is 5.05. The Morgan fingerprint density at radius 3 is 2.84 bits per heavy atom. The highest BCUT2D eigenvalue weighted by Gasteiger charge is 2.08. The fraction of sp³-hybridized carbons (Fsp3) is 0.400. The zero-order valence-corrected chi connectivity index (χ0v) is 11.7. The third kappa shape index (κ3) is 5.04. The first-order valence-corrected chi connectivity index (χ1v) is 6.49. The Balaban J connectivity index is 2.71. The minimum atomic E-state index is -0.103. The molecule has 4 heteroatoms. The molecule has 0 saturated heterocycles. The van der Waals surface area contributed by atoms with Crippen molar-refractivity contribution in [3.8, 4) is 5.75 Å². The maximum atomic E-state index is 11.9. The van der Waals surface area contributed by atoms with Gasteiger partial charge in [-0.15, -0.1) is 0 Å². The largest absolute Gasteiger partial charge is 0.487 e. The van der Waals surface area contributed by atoms with Crippen molar-refractivity contribution in [3.05, 3.63) is 35.9 Å². The SMILES string of the molecule is C=C(C)COc1cc(C(=O)NCCCC)ccc1N. The number of nitrogens with one attached hydrogen (secondary N) is 1. The second-order valence-electron chi connectivity index (χ2n) is 4.61. The van der Waals surface area contributed by atoms with Gasteiger partial charge >= 0.3 is 0 Å². The first kappa shape index (κ1) is 15.1. The van der Waals surface area contributed by atoms with E-state index in [-0.39, 0.29) is 5.91 Å². The summed E-state index contributed by atoms with van der Waals surface area (Å²) in [5.74, 6) is 0.416. The van der Waals surface area contributed by atoms with Crippen LogP contribution in [0.1, 0.15) is 37.0 Å². The monoisotopic (exact) mass is 262 g/mol. The number of hydrogen-bond donors (Lipinski definition) is 2. The van der Waals surface area contributed by atoms with E-state index < -0.39 is 0 Å². The van der Waals surface area contributed by atoms with Crippen LogP contribution >= 0.6 is 0 Å². The van der Waals surface area contributed by atoms with Gasteiger partial charge < -0.3 is 15.8 Å². The van der Waals surface area contributed by atoms with Crippen molar-refractivity contribution in [1.82, 2.24) is 5.32 Å². The summed E-state index contributed by atoms with van der Waals surface area (Å²) >= 11 is 0. The van der Waals surface area contributed by atoms with Crippen molar-refractivity contribution in [3.63, 3.8) is 0 Å². The number of unbranched alkanes of at least 4 members (excludes halogenated alkanes) is 1. The van der Waals surface area contributed by atoms with E-state index in [4.69, 9.17) is 10.5 Å². The van der Waals surface area contributed by atoms with Gasteiger partial charge in [-0.2, -0.15) is 0 Å². The zero-order chi connectivity index (χ0) is 14.3. The number of rotatable bonds is 7. The van der Waals surface area contributed by atoms with E-state index >= 15 is 0 Å². The topological polar surface area (TPSA) is 64.3 Å². The molecule has 0 unspecified atom stereocenters. The molecule has 0 radical (unpaired) electrons. The molecule has 0 aromatic heterocycles. The maximum absolute atomic E-state index is 11.9. The van der Waals surface area contributed by atoms with Crippen LogP contribution < -0.4 is 15.8 Å². The summed E-state index contributed by atoms with van der Waals surface area (Å²) in [6.45, 7) is 8.79. The molecule has 1 aromatic rings. The first-order chi connectivity index (χ1) is 9.04. The molecule has 0 atom stereocenters. The highest BCUT2D eigenvalue weighted by molar-refractivity contribution is 5.95. The summed E-state index contributed by atoms with van der Waals surface area (Å²) < 4.78 is 5.51. The third-order valence-corrected chi connectivity index (χ3v) is 2.57. The highest BCUT2D eigenvalue weighted by atomic mass is 16.5. The summed E-state index contributed by atoms with van der Waals surface area (Å²) in [6.07, 6.45) is 2.02. The van der Waals surface area contributed by atoms with Crippen molar-refractivity contribution >= 4 is 11.6 Å². The van der Waals surface area contributed by atoms with Gasteiger partial charge in [-0.1, -0.05) is 19.9 Å². The molecule has 0 aliphatic heterocycles. The number of carbonyl (C=O) groups is 1. The lowest BCUT2D eigenvalue weighted by molar-refractivity contribution is 0.0953. The number of nitrogen functional groups attached to an aromatic ring is 1. The molecule has 1 rings (SSSR count). The molecule has 104 valence electrons. The van der Waals surface area contributed by atoms with Gasteiger partial charge in [0.05, 0.1) is 5.69 Å². The quantitative estimate of drug-likeness (QED) is 0.451. The van der Waals surface area contributed by atoms with Gasteiger partial charge in [0.15, 0.2) is 0 Å². The van der Waals surface area contributed by atoms with Gasteiger partial charge in [0, 0.05) is 12.1 Å². The Kier molecular flexibility index (Phi) is 5.93. The number of hydrogen-bond acceptors (Lipinski definition) is 3. The number of carbonyl (C=O) groups excluding carboxylic acids is 1. The van der Waals surface area contributed by atoms with Gasteiger partial charge in [0.2, 0.25) is 0 Å². The van der Waals surface area contributed by atoms with E-state index in [1.807, 2.05) is 6.92 Å². The van der Waals surface area contributed by atoms with Crippen molar-refractivity contribution in [2.75, 3.05) is 18.9 Å². The van der Waals surface area contributed by atoms with Gasteiger partial charge in [0.25, 0.3) is 5.91 Å². The standard InChI is InChI=1S/C15H22N2O2/c1-4-5-8-17-15(18)12-6-7-13(16)14(9-12)19-10-11(2)3/h6-7,9H,2,4-5,8,10,16H2,1,3H3,(H,17,18). The Morgan fingerprint density at radius 1 is 1.47 bits per heavy atom. The number of anilines is 1. The molecular formula is C15H22N2O2. The molecule has 0 aliphatic carbocycles. The van der Waals surface area contributed by atoms with Crippen molar-refractivity contribution in [2.45, 2.75) is 26.7 Å². The lowest BCUT2D eigenvalue weighted by atomic mass is 10.1. The van der Waals surface area contributed by atoms with E-state index in [1.54, 1.807) is 18.2 Å². The van der Waals surface area contributed by atoms with Crippen LogP contribution in [0.2, 0.25) is 0 Å². The highest BCUT2D eigenvalue weighted by Crippen LogP contribution is 2.23. The van der Waals surface area contributed by atoms with Crippen molar-refractivity contribution in [2.24, 2.45) is 0 Å². The molecule has 0 spiro atoms. The molecule has 1 amide bonds. The number of ether oxygens (including phenoxy) is 1. The van der Waals surface area contributed by atoms with Crippen LogP contribution in [-0.4, -0.2) is 19.1 Å². The summed E-state index contributed by atoms with van der Waals surface area (Å²) in [5, 5.41) is 2.86. The fourth-order valence-corrected chi connectivity index (χ4v) is 1.48. The minimum Gasteiger partial charge on any atom is -0.487 e. The molecule has 4 nitrogen and oxygen atoms in total. The molecule has 0 heterocycles. The first-order valence-electron chi connectivity index (χ1n) is 6.49. The molecule has 0 bridgehead atoms. The smallest absolute Gasteiger partial charge is 0.251 e. The van der Waals surface area contributed by atoms with Crippen LogP contribution in [-0.2, 0) is 0 Å².